The summed E-state index contributed by atoms with van der Waals surface area (Å²) in [5, 5.41) is 3.53. The summed E-state index contributed by atoms with van der Waals surface area (Å²) in [4.78, 5) is 16.2. The number of benzene rings is 1. The highest BCUT2D eigenvalue weighted by Gasteiger charge is 2.15. The van der Waals surface area contributed by atoms with E-state index >= 15 is 0 Å². The number of carbonyl (C=O) groups excluding carboxylic acids is 1. The van der Waals surface area contributed by atoms with Crippen LogP contribution in [0.25, 0.3) is 0 Å². The Morgan fingerprint density at radius 3 is 2.59 bits per heavy atom. The lowest BCUT2D eigenvalue weighted by Crippen LogP contribution is -2.36. The SMILES string of the molecule is Cc1cc(O[C@H](C)C(=O)NCc2ccccn2)cc(C)c1Cl. The van der Waals surface area contributed by atoms with Gasteiger partial charge in [0.05, 0.1) is 12.2 Å². The van der Waals surface area contributed by atoms with Gasteiger partial charge in [-0.2, -0.15) is 0 Å². The second-order valence-electron chi connectivity index (χ2n) is 5.17. The molecule has 4 nitrogen and oxygen atoms in total. The quantitative estimate of drug-likeness (QED) is 0.918. The number of carbonyl (C=O) groups is 1. The molecule has 0 fully saturated rings. The van der Waals surface area contributed by atoms with E-state index in [1.807, 2.05) is 44.2 Å². The van der Waals surface area contributed by atoms with Gasteiger partial charge in [0.15, 0.2) is 6.10 Å². The normalized spacial score (nSPS) is 11.8. The van der Waals surface area contributed by atoms with E-state index in [0.29, 0.717) is 12.3 Å². The van der Waals surface area contributed by atoms with Crippen LogP contribution in [0.5, 0.6) is 5.75 Å². The van der Waals surface area contributed by atoms with Crippen molar-refractivity contribution in [3.8, 4) is 5.75 Å². The molecule has 2 aromatic rings. The van der Waals surface area contributed by atoms with Crippen molar-refractivity contribution in [1.29, 1.82) is 0 Å². The van der Waals surface area contributed by atoms with Gasteiger partial charge in [0.25, 0.3) is 5.91 Å². The van der Waals surface area contributed by atoms with Crippen molar-refractivity contribution < 1.29 is 9.53 Å². The average molecular weight is 319 g/mol. The summed E-state index contributed by atoms with van der Waals surface area (Å²) in [5.74, 6) is 0.454. The number of rotatable bonds is 5. The van der Waals surface area contributed by atoms with Gasteiger partial charge in [-0.3, -0.25) is 9.78 Å². The number of nitrogens with one attached hydrogen (secondary N) is 1. The van der Waals surface area contributed by atoms with E-state index in [-0.39, 0.29) is 5.91 Å². The molecule has 1 amide bonds. The van der Waals surface area contributed by atoms with E-state index in [4.69, 9.17) is 16.3 Å². The van der Waals surface area contributed by atoms with Crippen molar-refractivity contribution in [2.45, 2.75) is 33.4 Å². The third-order valence-corrected chi connectivity index (χ3v) is 3.86. The zero-order valence-corrected chi connectivity index (χ0v) is 13.6. The molecule has 1 atom stereocenters. The van der Waals surface area contributed by atoms with Crippen LogP contribution in [0.2, 0.25) is 5.02 Å². The fraction of sp³-hybridized carbons (Fsp3) is 0.294. The zero-order valence-electron chi connectivity index (χ0n) is 12.9. The molecule has 22 heavy (non-hydrogen) atoms. The number of nitrogens with zero attached hydrogens (tertiary/aromatic N) is 1. The molecule has 0 radical (unpaired) electrons. The zero-order chi connectivity index (χ0) is 16.1. The first-order valence-electron chi connectivity index (χ1n) is 7.08. The number of hydrogen-bond donors (Lipinski definition) is 1. The predicted octanol–water partition coefficient (Wildman–Crippen LogP) is 3.44. The largest absolute Gasteiger partial charge is 0.481 e. The highest BCUT2D eigenvalue weighted by atomic mass is 35.5. The number of ether oxygens (including phenoxy) is 1. The van der Waals surface area contributed by atoms with Crippen molar-refractivity contribution in [1.82, 2.24) is 10.3 Å². The van der Waals surface area contributed by atoms with Crippen LogP contribution in [0.15, 0.2) is 36.5 Å². The predicted molar refractivity (Wildman–Crippen MR) is 87.1 cm³/mol. The van der Waals surface area contributed by atoms with Crippen LogP contribution in [0.4, 0.5) is 0 Å². The number of halogens is 1. The van der Waals surface area contributed by atoms with Crippen molar-refractivity contribution in [3.63, 3.8) is 0 Å². The minimum Gasteiger partial charge on any atom is -0.481 e. The standard InChI is InChI=1S/C17H19ClN2O2/c1-11-8-15(9-12(2)16(11)18)22-13(3)17(21)20-10-14-6-4-5-7-19-14/h4-9,13H,10H2,1-3H3,(H,20,21)/t13-/m1/s1. The van der Waals surface area contributed by atoms with Gasteiger partial charge in [0, 0.05) is 11.2 Å². The molecule has 0 aliphatic rings. The summed E-state index contributed by atoms with van der Waals surface area (Å²) in [5.41, 5.74) is 2.66. The summed E-state index contributed by atoms with van der Waals surface area (Å²) in [6, 6.07) is 9.24. The molecular formula is C17H19ClN2O2. The Kier molecular flexibility index (Phi) is 5.39. The van der Waals surface area contributed by atoms with E-state index in [1.54, 1.807) is 13.1 Å². The highest BCUT2D eigenvalue weighted by molar-refractivity contribution is 6.32. The van der Waals surface area contributed by atoms with E-state index in [9.17, 15) is 4.79 Å². The minimum atomic E-state index is -0.594. The van der Waals surface area contributed by atoms with Gasteiger partial charge in [-0.25, -0.2) is 0 Å². The summed E-state index contributed by atoms with van der Waals surface area (Å²) in [6.07, 6.45) is 1.10. The monoisotopic (exact) mass is 318 g/mol. The van der Waals surface area contributed by atoms with Crippen LogP contribution in [-0.4, -0.2) is 17.0 Å². The van der Waals surface area contributed by atoms with Gasteiger partial charge in [-0.1, -0.05) is 17.7 Å². The summed E-state index contributed by atoms with van der Waals surface area (Å²) < 4.78 is 5.69. The molecule has 0 spiro atoms. The molecule has 5 heteroatoms. The number of hydrogen-bond acceptors (Lipinski definition) is 3. The number of aromatic nitrogens is 1. The van der Waals surface area contributed by atoms with Crippen LogP contribution in [0.1, 0.15) is 23.7 Å². The molecular weight excluding hydrogens is 300 g/mol. The van der Waals surface area contributed by atoms with Gasteiger partial charge in [-0.15, -0.1) is 0 Å². The molecule has 116 valence electrons. The van der Waals surface area contributed by atoms with Gasteiger partial charge >= 0.3 is 0 Å². The maximum Gasteiger partial charge on any atom is 0.261 e. The maximum absolute atomic E-state index is 12.1. The average Bonchev–Trinajstić information content (AvgIpc) is 2.51. The van der Waals surface area contributed by atoms with E-state index in [1.165, 1.54) is 0 Å². The Hall–Kier alpha value is -2.07. The third kappa shape index (κ3) is 4.21. The molecule has 2 rings (SSSR count). The van der Waals surface area contributed by atoms with Gasteiger partial charge in [-0.05, 0) is 56.2 Å². The Balaban J connectivity index is 1.94. The maximum atomic E-state index is 12.1. The fourth-order valence-corrected chi connectivity index (χ4v) is 2.17. The summed E-state index contributed by atoms with van der Waals surface area (Å²) >= 11 is 6.12. The lowest BCUT2D eigenvalue weighted by atomic mass is 10.1. The number of amides is 1. The van der Waals surface area contributed by atoms with Crippen LogP contribution >= 0.6 is 11.6 Å². The van der Waals surface area contributed by atoms with Crippen molar-refractivity contribution >= 4 is 17.5 Å². The third-order valence-electron chi connectivity index (χ3n) is 3.26. The van der Waals surface area contributed by atoms with E-state index < -0.39 is 6.10 Å². The molecule has 0 saturated carbocycles. The Bertz CT molecular complexity index is 636. The lowest BCUT2D eigenvalue weighted by Gasteiger charge is -2.16. The number of aryl methyl sites for hydroxylation is 2. The molecule has 0 bridgehead atoms. The fourth-order valence-electron chi connectivity index (χ4n) is 2.06. The van der Waals surface area contributed by atoms with Crippen LogP contribution < -0.4 is 10.1 Å². The molecule has 1 heterocycles. The van der Waals surface area contributed by atoms with Crippen LogP contribution in [0, 0.1) is 13.8 Å². The molecule has 1 aromatic heterocycles. The first-order chi connectivity index (χ1) is 10.5. The smallest absolute Gasteiger partial charge is 0.261 e. The van der Waals surface area contributed by atoms with Gasteiger partial charge in [0.1, 0.15) is 5.75 Å². The first kappa shape index (κ1) is 16.3. The molecule has 1 N–H and O–H groups in total. The van der Waals surface area contributed by atoms with Crippen molar-refractivity contribution in [2.75, 3.05) is 0 Å². The second-order valence-corrected chi connectivity index (χ2v) is 5.55. The molecule has 0 saturated heterocycles. The lowest BCUT2D eigenvalue weighted by molar-refractivity contribution is -0.127. The molecule has 0 unspecified atom stereocenters. The van der Waals surface area contributed by atoms with Gasteiger partial charge in [0.2, 0.25) is 0 Å². The summed E-state index contributed by atoms with van der Waals surface area (Å²) in [6.45, 7) is 5.92. The minimum absolute atomic E-state index is 0.184. The van der Waals surface area contributed by atoms with E-state index in [0.717, 1.165) is 21.8 Å². The van der Waals surface area contributed by atoms with Crippen molar-refractivity contribution in [2.24, 2.45) is 0 Å². The van der Waals surface area contributed by atoms with Crippen LogP contribution in [0.3, 0.4) is 0 Å². The van der Waals surface area contributed by atoms with Crippen molar-refractivity contribution in [3.05, 3.63) is 58.4 Å². The van der Waals surface area contributed by atoms with E-state index in [2.05, 4.69) is 10.3 Å². The summed E-state index contributed by atoms with van der Waals surface area (Å²) in [7, 11) is 0. The first-order valence-corrected chi connectivity index (χ1v) is 7.46. The topological polar surface area (TPSA) is 51.2 Å². The second kappa shape index (κ2) is 7.27. The Morgan fingerprint density at radius 2 is 2.00 bits per heavy atom. The molecule has 0 aliphatic carbocycles. The van der Waals surface area contributed by atoms with Crippen LogP contribution in [-0.2, 0) is 11.3 Å². The Morgan fingerprint density at radius 1 is 1.32 bits per heavy atom. The molecule has 0 aliphatic heterocycles. The highest BCUT2D eigenvalue weighted by Crippen LogP contribution is 2.26. The van der Waals surface area contributed by atoms with Gasteiger partial charge < -0.3 is 10.1 Å². The Labute approximate surface area is 135 Å². The number of pyridine rings is 1. The molecule has 1 aromatic carbocycles.